The first-order valence-corrected chi connectivity index (χ1v) is 9.64. The minimum Gasteiger partial charge on any atom is -0.412 e. The van der Waals surface area contributed by atoms with Crippen LogP contribution in [-0.2, 0) is 0 Å². The first-order valence-electron chi connectivity index (χ1n) is 8.00. The van der Waals surface area contributed by atoms with Gasteiger partial charge in [-0.3, -0.25) is 0 Å². The predicted octanol–water partition coefficient (Wildman–Crippen LogP) is 5.23. The normalized spacial score (nSPS) is 10.3. The molecule has 111 valence electrons. The average molecular weight is 371 g/mol. The quantitative estimate of drug-likeness (QED) is 0.296. The second-order valence-electron chi connectivity index (χ2n) is 5.30. The van der Waals surface area contributed by atoms with E-state index in [1.54, 1.807) is 0 Å². The van der Waals surface area contributed by atoms with E-state index >= 15 is 0 Å². The van der Waals surface area contributed by atoms with Crippen LogP contribution in [0.2, 0.25) is 4.47 Å². The Balaban J connectivity index is 0. The van der Waals surface area contributed by atoms with Crippen molar-refractivity contribution in [3.8, 4) is 0 Å². The number of unbranched alkanes of at least 4 members (excludes halogenated alkanes) is 13. The summed E-state index contributed by atoms with van der Waals surface area (Å²) in [5, 5.41) is 0. The molecule has 0 aliphatic carbocycles. The van der Waals surface area contributed by atoms with Gasteiger partial charge in [-0.25, -0.2) is 0 Å². The van der Waals surface area contributed by atoms with Gasteiger partial charge in [-0.05, 0) is 0 Å². The Labute approximate surface area is 129 Å². The van der Waals surface area contributed by atoms with E-state index in [9.17, 15) is 0 Å². The van der Waals surface area contributed by atoms with Gasteiger partial charge in [-0.2, -0.15) is 0 Å². The number of hydrogen-bond donors (Lipinski definition) is 0. The van der Waals surface area contributed by atoms with Crippen molar-refractivity contribution in [2.45, 2.75) is 101 Å². The fourth-order valence-electron chi connectivity index (χ4n) is 2.30. The van der Waals surface area contributed by atoms with E-state index in [-0.39, 0.29) is 5.48 Å². The van der Waals surface area contributed by atoms with E-state index in [1.165, 1.54) is 94.4 Å². The topological polar surface area (TPSA) is 31.5 Å². The first-order chi connectivity index (χ1) is 8.41. The van der Waals surface area contributed by atoms with Crippen LogP contribution in [0.1, 0.15) is 96.8 Å². The Morgan fingerprint density at radius 1 is 0.500 bits per heavy atom. The van der Waals surface area contributed by atoms with Crippen LogP contribution in [0.15, 0.2) is 0 Å². The Hall–Kier alpha value is 0.750. The standard InChI is InChI=1S/C16H33Te.H2O/c1-2-3-4-5-6-7-8-9-10-11-12-13-14-15-16-17;/h2-16H2,1H3;1H2. The van der Waals surface area contributed by atoms with Gasteiger partial charge < -0.3 is 5.48 Å². The predicted molar refractivity (Wildman–Crippen MR) is 84.5 cm³/mol. The van der Waals surface area contributed by atoms with Gasteiger partial charge in [0.1, 0.15) is 0 Å². The Morgan fingerprint density at radius 3 is 1.06 bits per heavy atom. The summed E-state index contributed by atoms with van der Waals surface area (Å²) in [7, 11) is 0. The van der Waals surface area contributed by atoms with Crippen LogP contribution >= 0.6 is 0 Å². The second-order valence-corrected chi connectivity index (χ2v) is 6.47. The molecule has 0 unspecified atom stereocenters. The van der Waals surface area contributed by atoms with Crippen molar-refractivity contribution >= 4 is 22.3 Å². The summed E-state index contributed by atoms with van der Waals surface area (Å²) in [5.41, 5.74) is 0. The fourth-order valence-corrected chi connectivity index (χ4v) is 2.88. The number of rotatable bonds is 14. The van der Waals surface area contributed by atoms with Gasteiger partial charge in [0.25, 0.3) is 0 Å². The van der Waals surface area contributed by atoms with Gasteiger partial charge in [-0.1, -0.05) is 26.2 Å². The Morgan fingerprint density at radius 2 is 0.778 bits per heavy atom. The summed E-state index contributed by atoms with van der Waals surface area (Å²) in [6.45, 7) is 2.29. The van der Waals surface area contributed by atoms with E-state index < -0.39 is 0 Å². The van der Waals surface area contributed by atoms with Crippen LogP contribution in [0.25, 0.3) is 0 Å². The average Bonchev–Trinajstić information content (AvgIpc) is 2.35. The molecule has 0 heterocycles. The van der Waals surface area contributed by atoms with Crippen molar-refractivity contribution in [2.75, 3.05) is 0 Å². The molecule has 0 aromatic rings. The molecule has 0 rings (SSSR count). The van der Waals surface area contributed by atoms with Crippen molar-refractivity contribution in [3.63, 3.8) is 0 Å². The molecule has 0 spiro atoms. The maximum atomic E-state index is 2.29. The van der Waals surface area contributed by atoms with Crippen molar-refractivity contribution in [1.29, 1.82) is 0 Å². The van der Waals surface area contributed by atoms with Crippen molar-refractivity contribution in [3.05, 3.63) is 0 Å². The van der Waals surface area contributed by atoms with Crippen LogP contribution in [0.3, 0.4) is 0 Å². The van der Waals surface area contributed by atoms with Gasteiger partial charge >= 0.3 is 97.4 Å². The second kappa shape index (κ2) is 20.1. The molecule has 2 N–H and O–H groups in total. The molecule has 0 aliphatic rings. The number of hydrogen-bond acceptors (Lipinski definition) is 0. The van der Waals surface area contributed by atoms with Gasteiger partial charge in [-0.15, -0.1) is 0 Å². The smallest absolute Gasteiger partial charge is 0.412 e. The van der Waals surface area contributed by atoms with Gasteiger partial charge in [0.15, 0.2) is 0 Å². The summed E-state index contributed by atoms with van der Waals surface area (Å²) in [5.74, 6) is 0. The molecule has 0 fully saturated rings. The molecule has 0 atom stereocenters. The molecule has 0 aromatic carbocycles. The third-order valence-electron chi connectivity index (χ3n) is 3.50. The van der Waals surface area contributed by atoms with Crippen molar-refractivity contribution in [2.24, 2.45) is 0 Å². The monoisotopic (exact) mass is 373 g/mol. The van der Waals surface area contributed by atoms with Gasteiger partial charge in [0.05, 0.1) is 0 Å². The first kappa shape index (κ1) is 21.1. The zero-order chi connectivity index (χ0) is 12.6. The van der Waals surface area contributed by atoms with Crippen LogP contribution in [0, 0.1) is 0 Å². The Kier molecular flexibility index (Phi) is 23.5. The van der Waals surface area contributed by atoms with Crippen LogP contribution in [0.4, 0.5) is 0 Å². The van der Waals surface area contributed by atoms with Crippen LogP contribution in [0.5, 0.6) is 0 Å². The van der Waals surface area contributed by atoms with E-state index in [4.69, 9.17) is 0 Å². The molecule has 2 heteroatoms. The van der Waals surface area contributed by atoms with Crippen LogP contribution < -0.4 is 0 Å². The van der Waals surface area contributed by atoms with Crippen LogP contribution in [-0.4, -0.2) is 27.8 Å². The molecule has 0 bridgehead atoms. The van der Waals surface area contributed by atoms with E-state index in [0.717, 1.165) is 0 Å². The molecular weight excluding hydrogens is 336 g/mol. The molecule has 0 saturated carbocycles. The van der Waals surface area contributed by atoms with Crippen molar-refractivity contribution < 1.29 is 5.48 Å². The van der Waals surface area contributed by atoms with E-state index in [0.29, 0.717) is 0 Å². The summed E-state index contributed by atoms with van der Waals surface area (Å²) >= 11 is 2.23. The third kappa shape index (κ3) is 19.1. The molecule has 0 saturated heterocycles. The molecule has 1 nitrogen and oxygen atoms in total. The summed E-state index contributed by atoms with van der Waals surface area (Å²) in [6, 6.07) is 0. The SMILES string of the molecule is CCCCCCCCCCCCCCCC[Te].O. The molecule has 1 radical (unpaired) electrons. The minimum atomic E-state index is 0. The molecule has 18 heavy (non-hydrogen) atoms. The van der Waals surface area contributed by atoms with Gasteiger partial charge in [0, 0.05) is 0 Å². The fraction of sp³-hybridized carbons (Fsp3) is 1.00. The third-order valence-corrected chi connectivity index (χ3v) is 4.32. The van der Waals surface area contributed by atoms with Gasteiger partial charge in [0.2, 0.25) is 0 Å². The summed E-state index contributed by atoms with van der Waals surface area (Å²) in [4.78, 5) is 0. The molecule has 0 amide bonds. The minimum absolute atomic E-state index is 0. The molecule has 0 aliphatic heterocycles. The zero-order valence-electron chi connectivity index (χ0n) is 12.5. The molecule has 0 aromatic heterocycles. The maximum absolute atomic E-state index is 2.29. The summed E-state index contributed by atoms with van der Waals surface area (Å²) < 4.78 is 1.38. The zero-order valence-corrected chi connectivity index (χ0v) is 14.8. The molecular formula is C16H35OTe. The van der Waals surface area contributed by atoms with E-state index in [2.05, 4.69) is 29.2 Å². The largest absolute Gasteiger partial charge is 0.412 e. The van der Waals surface area contributed by atoms with Crippen molar-refractivity contribution in [1.82, 2.24) is 0 Å². The summed E-state index contributed by atoms with van der Waals surface area (Å²) in [6.07, 6.45) is 20.6. The Bertz CT molecular complexity index is 114. The maximum Gasteiger partial charge on any atom is -0.412 e. The van der Waals surface area contributed by atoms with E-state index in [1.807, 2.05) is 0 Å².